The number of hydrogen-bond acceptors (Lipinski definition) is 5. The molecule has 0 atom stereocenters. The highest BCUT2D eigenvalue weighted by Crippen LogP contribution is 2.22. The van der Waals surface area contributed by atoms with Crippen LogP contribution in [0, 0.1) is 0 Å². The van der Waals surface area contributed by atoms with Crippen LogP contribution in [0.15, 0.2) is 18.2 Å². The van der Waals surface area contributed by atoms with E-state index >= 15 is 0 Å². The predicted molar refractivity (Wildman–Crippen MR) is 51.4 cm³/mol. The first-order valence-corrected chi connectivity index (χ1v) is 4.10. The Labute approximate surface area is 86.6 Å². The number of carbonyl (C=O) groups excluding carboxylic acids is 2. The van der Waals surface area contributed by atoms with Crippen molar-refractivity contribution in [2.75, 3.05) is 14.2 Å². The van der Waals surface area contributed by atoms with E-state index in [4.69, 9.17) is 9.47 Å². The molecule has 0 radical (unpaired) electrons. The van der Waals surface area contributed by atoms with Crippen LogP contribution in [0.5, 0.6) is 11.5 Å². The molecule has 0 spiro atoms. The highest BCUT2D eigenvalue weighted by Gasteiger charge is 2.09. The number of hydrogen-bond donors (Lipinski definition) is 0. The van der Waals surface area contributed by atoms with Gasteiger partial charge in [-0.25, -0.2) is 4.79 Å². The normalized spacial score (nSPS) is 9.20. The summed E-state index contributed by atoms with van der Waals surface area (Å²) in [7, 11) is 2.66. The fourth-order valence-electron chi connectivity index (χ4n) is 0.970. The number of carbonyl (C=O) groups is 2. The number of benzene rings is 1. The molecular formula is C10H10O5. The first-order valence-electron chi connectivity index (χ1n) is 4.10. The number of aldehydes is 1. The smallest absolute Gasteiger partial charge is 0.497 e. The molecule has 0 amide bonds. The summed E-state index contributed by atoms with van der Waals surface area (Å²) in [5.74, 6) is 0.645. The van der Waals surface area contributed by atoms with Crippen molar-refractivity contribution in [3.8, 4) is 11.5 Å². The van der Waals surface area contributed by atoms with E-state index in [1.807, 2.05) is 0 Å². The van der Waals surface area contributed by atoms with Gasteiger partial charge >= 0.3 is 6.16 Å². The molecule has 15 heavy (non-hydrogen) atoms. The number of ether oxygens (including phenoxy) is 3. The standard InChI is InChI=1S/C10H10O5/c1-13-8-3-4-9(7(5-8)6-11)15-10(12)14-2/h3-6H,1-2H3. The first-order chi connectivity index (χ1) is 7.21. The van der Waals surface area contributed by atoms with Crippen LogP contribution in [0.25, 0.3) is 0 Å². The maximum absolute atomic E-state index is 10.8. The van der Waals surface area contributed by atoms with Crippen LogP contribution < -0.4 is 9.47 Å². The quantitative estimate of drug-likeness (QED) is 0.431. The lowest BCUT2D eigenvalue weighted by atomic mass is 10.2. The maximum atomic E-state index is 10.8. The van der Waals surface area contributed by atoms with Gasteiger partial charge in [-0.15, -0.1) is 0 Å². The summed E-state index contributed by atoms with van der Waals surface area (Å²) in [4.78, 5) is 21.5. The Morgan fingerprint density at radius 2 is 2.07 bits per heavy atom. The zero-order valence-electron chi connectivity index (χ0n) is 8.35. The second kappa shape index (κ2) is 4.99. The second-order valence-electron chi connectivity index (χ2n) is 2.58. The Bertz CT molecular complexity index is 372. The molecule has 0 saturated heterocycles. The Hall–Kier alpha value is -2.04. The largest absolute Gasteiger partial charge is 0.513 e. The highest BCUT2D eigenvalue weighted by atomic mass is 16.7. The van der Waals surface area contributed by atoms with Crippen LogP contribution in [-0.2, 0) is 4.74 Å². The van der Waals surface area contributed by atoms with Gasteiger partial charge in [0.05, 0.1) is 19.8 Å². The van der Waals surface area contributed by atoms with Gasteiger partial charge in [0, 0.05) is 0 Å². The summed E-state index contributed by atoms with van der Waals surface area (Å²) in [6.45, 7) is 0. The zero-order chi connectivity index (χ0) is 11.3. The molecule has 0 N–H and O–H groups in total. The minimum atomic E-state index is -0.872. The van der Waals surface area contributed by atoms with Crippen molar-refractivity contribution >= 4 is 12.4 Å². The van der Waals surface area contributed by atoms with E-state index in [0.717, 1.165) is 0 Å². The van der Waals surface area contributed by atoms with Crippen molar-refractivity contribution in [1.29, 1.82) is 0 Å². The highest BCUT2D eigenvalue weighted by molar-refractivity contribution is 5.81. The first kappa shape index (κ1) is 11.0. The molecule has 0 aromatic heterocycles. The van der Waals surface area contributed by atoms with Gasteiger partial charge in [0.15, 0.2) is 6.29 Å². The van der Waals surface area contributed by atoms with E-state index in [2.05, 4.69) is 4.74 Å². The molecule has 0 unspecified atom stereocenters. The third-order valence-electron chi connectivity index (χ3n) is 1.70. The lowest BCUT2D eigenvalue weighted by Crippen LogP contribution is -2.08. The fraction of sp³-hybridized carbons (Fsp3) is 0.200. The second-order valence-corrected chi connectivity index (χ2v) is 2.58. The average Bonchev–Trinajstić information content (AvgIpc) is 2.29. The fourth-order valence-corrected chi connectivity index (χ4v) is 0.970. The molecule has 0 bridgehead atoms. The van der Waals surface area contributed by atoms with Gasteiger partial charge in [0.25, 0.3) is 0 Å². The zero-order valence-corrected chi connectivity index (χ0v) is 8.35. The average molecular weight is 210 g/mol. The minimum absolute atomic E-state index is 0.137. The van der Waals surface area contributed by atoms with Crippen LogP contribution in [0.4, 0.5) is 4.79 Å². The summed E-state index contributed by atoms with van der Waals surface area (Å²) in [6.07, 6.45) is -0.302. The van der Waals surface area contributed by atoms with Gasteiger partial charge in [-0.05, 0) is 18.2 Å². The Kier molecular flexibility index (Phi) is 3.68. The molecule has 0 saturated carbocycles. The van der Waals surface area contributed by atoms with Crippen molar-refractivity contribution < 1.29 is 23.8 Å². The van der Waals surface area contributed by atoms with E-state index < -0.39 is 6.16 Å². The van der Waals surface area contributed by atoms with Gasteiger partial charge in [-0.2, -0.15) is 0 Å². The van der Waals surface area contributed by atoms with E-state index in [1.54, 1.807) is 6.07 Å². The van der Waals surface area contributed by atoms with Crippen molar-refractivity contribution in [1.82, 2.24) is 0 Å². The summed E-state index contributed by atoms with van der Waals surface area (Å²) in [6, 6.07) is 4.50. The monoisotopic (exact) mass is 210 g/mol. The van der Waals surface area contributed by atoms with Crippen molar-refractivity contribution in [3.05, 3.63) is 23.8 Å². The van der Waals surface area contributed by atoms with Crippen molar-refractivity contribution in [2.24, 2.45) is 0 Å². The summed E-state index contributed by atoms with van der Waals surface area (Å²) >= 11 is 0. The van der Waals surface area contributed by atoms with Crippen LogP contribution in [0.3, 0.4) is 0 Å². The molecule has 5 nitrogen and oxygen atoms in total. The molecule has 1 rings (SSSR count). The van der Waals surface area contributed by atoms with Gasteiger partial charge < -0.3 is 14.2 Å². The maximum Gasteiger partial charge on any atom is 0.513 e. The summed E-state index contributed by atoms with van der Waals surface area (Å²) in [5.41, 5.74) is 0.222. The molecular weight excluding hydrogens is 200 g/mol. The molecule has 0 aliphatic heterocycles. The minimum Gasteiger partial charge on any atom is -0.497 e. The Balaban J connectivity index is 2.97. The molecule has 0 aliphatic rings. The predicted octanol–water partition coefficient (Wildman–Crippen LogP) is 1.65. The van der Waals surface area contributed by atoms with Gasteiger partial charge in [0.2, 0.25) is 0 Å². The van der Waals surface area contributed by atoms with Gasteiger partial charge in [-0.3, -0.25) is 4.79 Å². The molecule has 0 aliphatic carbocycles. The SMILES string of the molecule is COC(=O)Oc1ccc(OC)cc1C=O. The summed E-state index contributed by atoms with van der Waals surface area (Å²) in [5, 5.41) is 0. The van der Waals surface area contributed by atoms with Gasteiger partial charge in [0.1, 0.15) is 11.5 Å². The van der Waals surface area contributed by atoms with E-state index in [9.17, 15) is 9.59 Å². The van der Waals surface area contributed by atoms with Crippen LogP contribution in [0.1, 0.15) is 10.4 Å². The van der Waals surface area contributed by atoms with Gasteiger partial charge in [-0.1, -0.05) is 0 Å². The molecule has 1 aromatic rings. The van der Waals surface area contributed by atoms with Crippen LogP contribution >= 0.6 is 0 Å². The van der Waals surface area contributed by atoms with Crippen LogP contribution in [-0.4, -0.2) is 26.7 Å². The van der Waals surface area contributed by atoms with Crippen molar-refractivity contribution in [2.45, 2.75) is 0 Å². The molecule has 0 heterocycles. The molecule has 0 fully saturated rings. The van der Waals surface area contributed by atoms with E-state index in [0.29, 0.717) is 12.0 Å². The Morgan fingerprint density at radius 1 is 1.33 bits per heavy atom. The third kappa shape index (κ3) is 2.70. The lowest BCUT2D eigenvalue weighted by Gasteiger charge is -2.06. The van der Waals surface area contributed by atoms with E-state index in [-0.39, 0.29) is 11.3 Å². The van der Waals surface area contributed by atoms with Crippen LogP contribution in [0.2, 0.25) is 0 Å². The Morgan fingerprint density at radius 3 is 2.60 bits per heavy atom. The third-order valence-corrected chi connectivity index (χ3v) is 1.70. The molecule has 1 aromatic carbocycles. The molecule has 80 valence electrons. The molecule has 5 heteroatoms. The number of rotatable bonds is 3. The van der Waals surface area contributed by atoms with E-state index in [1.165, 1.54) is 26.4 Å². The van der Waals surface area contributed by atoms with Crippen molar-refractivity contribution in [3.63, 3.8) is 0 Å². The summed E-state index contributed by atoms with van der Waals surface area (Å²) < 4.78 is 14.0. The number of methoxy groups -OCH3 is 2. The topological polar surface area (TPSA) is 61.8 Å². The lowest BCUT2D eigenvalue weighted by molar-refractivity contribution is 0.111.